The minimum Gasteiger partial charge on any atom is -0.381 e. The standard InChI is InChI=1S/C15H27NO3/c1-3-14(2,11-16)13(17)12-4-7-19-15(10-12)5-8-18-9-6-15/h12H,3-11,16H2,1-2H3. The second-order valence-electron chi connectivity index (χ2n) is 6.32. The third kappa shape index (κ3) is 3.01. The van der Waals surface area contributed by atoms with Crippen LogP contribution >= 0.6 is 0 Å². The van der Waals surface area contributed by atoms with Crippen molar-refractivity contribution in [2.45, 2.75) is 51.6 Å². The van der Waals surface area contributed by atoms with E-state index >= 15 is 0 Å². The molecule has 0 amide bonds. The summed E-state index contributed by atoms with van der Waals surface area (Å²) < 4.78 is 11.4. The van der Waals surface area contributed by atoms with Crippen molar-refractivity contribution in [3.63, 3.8) is 0 Å². The molecule has 0 aromatic carbocycles. The van der Waals surface area contributed by atoms with Gasteiger partial charge in [0.25, 0.3) is 0 Å². The van der Waals surface area contributed by atoms with Crippen molar-refractivity contribution in [2.24, 2.45) is 17.1 Å². The predicted molar refractivity (Wildman–Crippen MR) is 73.9 cm³/mol. The van der Waals surface area contributed by atoms with Crippen LogP contribution in [0.4, 0.5) is 0 Å². The average molecular weight is 269 g/mol. The Kier molecular flexibility index (Phi) is 4.64. The smallest absolute Gasteiger partial charge is 0.143 e. The van der Waals surface area contributed by atoms with Gasteiger partial charge in [0.15, 0.2) is 0 Å². The number of rotatable bonds is 4. The van der Waals surface area contributed by atoms with Crippen LogP contribution in [0.15, 0.2) is 0 Å². The van der Waals surface area contributed by atoms with Gasteiger partial charge in [0.1, 0.15) is 5.78 Å². The van der Waals surface area contributed by atoms with E-state index in [1.54, 1.807) is 0 Å². The average Bonchev–Trinajstić information content (AvgIpc) is 2.46. The molecule has 2 saturated heterocycles. The predicted octanol–water partition coefficient (Wildman–Crippen LogP) is 1.91. The van der Waals surface area contributed by atoms with Crippen LogP contribution in [0.25, 0.3) is 0 Å². The maximum atomic E-state index is 12.7. The van der Waals surface area contributed by atoms with Gasteiger partial charge in [-0.15, -0.1) is 0 Å². The van der Waals surface area contributed by atoms with Crippen LogP contribution in [-0.4, -0.2) is 37.7 Å². The number of hydrogen-bond donors (Lipinski definition) is 1. The highest BCUT2D eigenvalue weighted by atomic mass is 16.5. The zero-order chi connectivity index (χ0) is 13.9. The molecule has 0 aromatic rings. The molecule has 0 saturated carbocycles. The quantitative estimate of drug-likeness (QED) is 0.847. The molecule has 2 heterocycles. The molecule has 0 radical (unpaired) electrons. The van der Waals surface area contributed by atoms with Gasteiger partial charge in [-0.05, 0) is 32.1 Å². The normalized spacial score (nSPS) is 29.9. The van der Waals surface area contributed by atoms with E-state index in [0.29, 0.717) is 18.9 Å². The fraction of sp³-hybridized carbons (Fsp3) is 0.933. The molecular weight excluding hydrogens is 242 g/mol. The monoisotopic (exact) mass is 269 g/mol. The highest BCUT2D eigenvalue weighted by Gasteiger charge is 2.44. The van der Waals surface area contributed by atoms with Crippen LogP contribution in [0.3, 0.4) is 0 Å². The number of hydrogen-bond acceptors (Lipinski definition) is 4. The summed E-state index contributed by atoms with van der Waals surface area (Å²) in [6.07, 6.45) is 4.35. The van der Waals surface area contributed by atoms with E-state index in [4.69, 9.17) is 15.2 Å². The number of carbonyl (C=O) groups excluding carboxylic acids is 1. The molecule has 2 unspecified atom stereocenters. The number of nitrogens with two attached hydrogens (primary N) is 1. The summed E-state index contributed by atoms with van der Waals surface area (Å²) in [7, 11) is 0. The van der Waals surface area contributed by atoms with Crippen molar-refractivity contribution in [3.05, 3.63) is 0 Å². The fourth-order valence-electron chi connectivity index (χ4n) is 3.26. The molecule has 2 aliphatic rings. The van der Waals surface area contributed by atoms with Crippen LogP contribution < -0.4 is 5.73 Å². The van der Waals surface area contributed by atoms with Crippen LogP contribution in [-0.2, 0) is 14.3 Å². The summed E-state index contributed by atoms with van der Waals surface area (Å²) in [5.74, 6) is 0.451. The first-order chi connectivity index (χ1) is 9.05. The van der Waals surface area contributed by atoms with Crippen molar-refractivity contribution in [3.8, 4) is 0 Å². The van der Waals surface area contributed by atoms with Gasteiger partial charge < -0.3 is 15.2 Å². The fourth-order valence-corrected chi connectivity index (χ4v) is 3.26. The first-order valence-electron chi connectivity index (χ1n) is 7.51. The Morgan fingerprint density at radius 2 is 2.05 bits per heavy atom. The maximum Gasteiger partial charge on any atom is 0.143 e. The Hall–Kier alpha value is -0.450. The molecule has 0 aromatic heterocycles. The first kappa shape index (κ1) is 14.9. The Bertz CT molecular complexity index is 314. The molecule has 2 N–H and O–H groups in total. The van der Waals surface area contributed by atoms with E-state index in [1.165, 1.54) is 0 Å². The molecule has 110 valence electrons. The number of carbonyl (C=O) groups is 1. The van der Waals surface area contributed by atoms with E-state index in [0.717, 1.165) is 45.3 Å². The van der Waals surface area contributed by atoms with Gasteiger partial charge in [-0.2, -0.15) is 0 Å². The molecule has 4 nitrogen and oxygen atoms in total. The van der Waals surface area contributed by atoms with Crippen molar-refractivity contribution in [1.29, 1.82) is 0 Å². The van der Waals surface area contributed by atoms with Gasteiger partial charge in [0.2, 0.25) is 0 Å². The summed E-state index contributed by atoms with van der Waals surface area (Å²) in [6.45, 7) is 6.69. The topological polar surface area (TPSA) is 61.6 Å². The van der Waals surface area contributed by atoms with Crippen LogP contribution in [0.5, 0.6) is 0 Å². The number of ether oxygens (including phenoxy) is 2. The summed E-state index contributed by atoms with van der Waals surface area (Å²) in [5.41, 5.74) is 5.35. The van der Waals surface area contributed by atoms with Gasteiger partial charge in [0, 0.05) is 37.7 Å². The second-order valence-corrected chi connectivity index (χ2v) is 6.32. The third-order valence-corrected chi connectivity index (χ3v) is 5.09. The first-order valence-corrected chi connectivity index (χ1v) is 7.51. The molecule has 0 aliphatic carbocycles. The van der Waals surface area contributed by atoms with Gasteiger partial charge in [-0.25, -0.2) is 0 Å². The van der Waals surface area contributed by atoms with Crippen molar-refractivity contribution >= 4 is 5.78 Å². The molecule has 0 bridgehead atoms. The van der Waals surface area contributed by atoms with E-state index < -0.39 is 0 Å². The van der Waals surface area contributed by atoms with E-state index in [9.17, 15) is 4.79 Å². The van der Waals surface area contributed by atoms with Crippen LogP contribution in [0.1, 0.15) is 46.0 Å². The molecular formula is C15H27NO3. The van der Waals surface area contributed by atoms with Crippen LogP contribution in [0, 0.1) is 11.3 Å². The molecule has 2 rings (SSSR count). The van der Waals surface area contributed by atoms with Crippen molar-refractivity contribution < 1.29 is 14.3 Å². The Labute approximate surface area is 116 Å². The van der Waals surface area contributed by atoms with Gasteiger partial charge in [-0.3, -0.25) is 4.79 Å². The lowest BCUT2D eigenvalue weighted by molar-refractivity contribution is -0.161. The Morgan fingerprint density at radius 3 is 2.63 bits per heavy atom. The summed E-state index contributed by atoms with van der Waals surface area (Å²) >= 11 is 0. The molecule has 4 heteroatoms. The summed E-state index contributed by atoms with van der Waals surface area (Å²) in [5, 5.41) is 0. The van der Waals surface area contributed by atoms with Gasteiger partial charge in [0.05, 0.1) is 5.60 Å². The minimum atomic E-state index is -0.367. The largest absolute Gasteiger partial charge is 0.381 e. The Balaban J connectivity index is 2.06. The highest BCUT2D eigenvalue weighted by Crippen LogP contribution is 2.40. The minimum absolute atomic E-state index is 0.111. The molecule has 1 spiro atoms. The molecule has 2 atom stereocenters. The lowest BCUT2D eigenvalue weighted by Gasteiger charge is -2.44. The van der Waals surface area contributed by atoms with Crippen molar-refractivity contribution in [2.75, 3.05) is 26.4 Å². The van der Waals surface area contributed by atoms with Crippen molar-refractivity contribution in [1.82, 2.24) is 0 Å². The van der Waals surface area contributed by atoms with E-state index in [1.807, 2.05) is 13.8 Å². The Morgan fingerprint density at radius 1 is 1.37 bits per heavy atom. The second kappa shape index (κ2) is 5.90. The molecule has 19 heavy (non-hydrogen) atoms. The zero-order valence-corrected chi connectivity index (χ0v) is 12.2. The maximum absolute atomic E-state index is 12.7. The number of Topliss-reactive ketones (excluding diaryl/α,β-unsaturated/α-hetero) is 1. The third-order valence-electron chi connectivity index (χ3n) is 5.09. The van der Waals surface area contributed by atoms with Gasteiger partial charge >= 0.3 is 0 Å². The summed E-state index contributed by atoms with van der Waals surface area (Å²) in [4.78, 5) is 12.7. The lowest BCUT2D eigenvalue weighted by atomic mass is 9.71. The molecule has 2 fully saturated rings. The van der Waals surface area contributed by atoms with E-state index in [-0.39, 0.29) is 16.9 Å². The number of ketones is 1. The van der Waals surface area contributed by atoms with E-state index in [2.05, 4.69) is 0 Å². The van der Waals surface area contributed by atoms with Gasteiger partial charge in [-0.1, -0.05) is 13.8 Å². The lowest BCUT2D eigenvalue weighted by Crippen LogP contribution is -2.49. The van der Waals surface area contributed by atoms with Crippen LogP contribution in [0.2, 0.25) is 0 Å². The SMILES string of the molecule is CCC(C)(CN)C(=O)C1CCOC2(CCOCC2)C1. The molecule has 2 aliphatic heterocycles. The highest BCUT2D eigenvalue weighted by molar-refractivity contribution is 5.87. The summed E-state index contributed by atoms with van der Waals surface area (Å²) in [6, 6.07) is 0. The zero-order valence-electron chi connectivity index (χ0n) is 12.2.